The Morgan fingerprint density at radius 2 is 1.79 bits per heavy atom. The summed E-state index contributed by atoms with van der Waals surface area (Å²) in [6.45, 7) is 3.72. The van der Waals surface area contributed by atoms with Gasteiger partial charge in [0.15, 0.2) is 16.6 Å². The first-order chi connectivity index (χ1) is 15.8. The van der Waals surface area contributed by atoms with E-state index in [1.807, 2.05) is 13.8 Å². The van der Waals surface area contributed by atoms with Gasteiger partial charge < -0.3 is 14.6 Å². The number of halogens is 1. The maximum Gasteiger partial charge on any atom is 0.301 e. The van der Waals surface area contributed by atoms with E-state index in [2.05, 4.69) is 4.98 Å². The van der Waals surface area contributed by atoms with Crippen LogP contribution in [0.4, 0.5) is 5.13 Å². The van der Waals surface area contributed by atoms with Crippen LogP contribution in [0.15, 0.2) is 48.0 Å². The van der Waals surface area contributed by atoms with Gasteiger partial charge in [-0.3, -0.25) is 14.5 Å². The molecule has 33 heavy (non-hydrogen) atoms. The molecule has 1 fully saturated rings. The van der Waals surface area contributed by atoms with E-state index in [0.29, 0.717) is 32.8 Å². The number of aromatic nitrogens is 1. The van der Waals surface area contributed by atoms with Gasteiger partial charge in [-0.2, -0.15) is 0 Å². The van der Waals surface area contributed by atoms with Gasteiger partial charge in [0.25, 0.3) is 5.78 Å². The van der Waals surface area contributed by atoms with Crippen molar-refractivity contribution in [3.8, 4) is 11.5 Å². The van der Waals surface area contributed by atoms with Gasteiger partial charge in [0.1, 0.15) is 11.8 Å². The molecule has 9 heteroatoms. The van der Waals surface area contributed by atoms with Gasteiger partial charge in [0.05, 0.1) is 25.5 Å². The number of para-hydroxylation sites is 1. The summed E-state index contributed by atoms with van der Waals surface area (Å²) in [5.74, 6) is -1.13. The summed E-state index contributed by atoms with van der Waals surface area (Å²) in [4.78, 5) is 33.3. The van der Waals surface area contributed by atoms with Gasteiger partial charge in [-0.1, -0.05) is 23.7 Å². The number of methoxy groups -OCH3 is 2. The van der Waals surface area contributed by atoms with Gasteiger partial charge in [0.2, 0.25) is 0 Å². The van der Waals surface area contributed by atoms with Crippen LogP contribution in [0, 0.1) is 13.8 Å². The number of anilines is 1. The number of nitrogens with zero attached hydrogens (tertiary/aromatic N) is 2. The highest BCUT2D eigenvalue weighted by Gasteiger charge is 2.49. The van der Waals surface area contributed by atoms with E-state index in [4.69, 9.17) is 21.1 Å². The lowest BCUT2D eigenvalue weighted by Gasteiger charge is -2.25. The highest BCUT2D eigenvalue weighted by Crippen LogP contribution is 2.48. The van der Waals surface area contributed by atoms with Gasteiger partial charge in [-0.15, -0.1) is 11.3 Å². The number of thiazole rings is 1. The summed E-state index contributed by atoms with van der Waals surface area (Å²) in [5.41, 5.74) is 1.53. The molecule has 1 atom stereocenters. The second-order valence-electron chi connectivity index (χ2n) is 7.40. The van der Waals surface area contributed by atoms with E-state index >= 15 is 0 Å². The maximum absolute atomic E-state index is 13.3. The first kappa shape index (κ1) is 22.8. The van der Waals surface area contributed by atoms with Gasteiger partial charge in [-0.25, -0.2) is 4.98 Å². The van der Waals surface area contributed by atoms with Crippen LogP contribution in [0.2, 0.25) is 5.02 Å². The number of ketones is 1. The maximum atomic E-state index is 13.3. The summed E-state index contributed by atoms with van der Waals surface area (Å²) in [5, 5.41) is 12.0. The van der Waals surface area contributed by atoms with E-state index < -0.39 is 17.7 Å². The van der Waals surface area contributed by atoms with E-state index in [-0.39, 0.29) is 11.3 Å². The molecule has 0 saturated carbocycles. The summed E-state index contributed by atoms with van der Waals surface area (Å²) >= 11 is 7.28. The molecule has 3 aromatic rings. The molecule has 2 aromatic carbocycles. The number of aliphatic hydroxyl groups is 1. The van der Waals surface area contributed by atoms with Crippen molar-refractivity contribution in [2.75, 3.05) is 19.1 Å². The standard InChI is InChI=1S/C24H21ClN2O5S/c1-12-13(2)33-24(26-12)27-19(16-6-5-7-17(31-3)22(16)32-4)18(21(29)23(27)30)20(28)14-8-10-15(25)11-9-14/h5-11,19,28H,1-4H3/t19-/m1/s1. The number of aryl methyl sites for hydroxylation is 2. The highest BCUT2D eigenvalue weighted by molar-refractivity contribution is 7.16. The average Bonchev–Trinajstić information content (AvgIpc) is 3.28. The van der Waals surface area contributed by atoms with Crippen LogP contribution in [0.3, 0.4) is 0 Å². The molecule has 0 bridgehead atoms. The van der Waals surface area contributed by atoms with Crippen LogP contribution in [-0.2, 0) is 9.59 Å². The Morgan fingerprint density at radius 3 is 2.36 bits per heavy atom. The van der Waals surface area contributed by atoms with Gasteiger partial charge in [0, 0.05) is 21.0 Å². The predicted molar refractivity (Wildman–Crippen MR) is 127 cm³/mol. The van der Waals surface area contributed by atoms with Crippen LogP contribution in [0.5, 0.6) is 11.5 Å². The monoisotopic (exact) mass is 484 g/mol. The molecular weight excluding hydrogens is 464 g/mol. The Morgan fingerprint density at radius 1 is 1.09 bits per heavy atom. The molecule has 1 saturated heterocycles. The summed E-state index contributed by atoms with van der Waals surface area (Å²) < 4.78 is 11.0. The van der Waals surface area contributed by atoms with Crippen LogP contribution in [0.25, 0.3) is 5.76 Å². The van der Waals surface area contributed by atoms with Crippen molar-refractivity contribution in [1.82, 2.24) is 4.98 Å². The van der Waals surface area contributed by atoms with Crippen molar-refractivity contribution in [3.63, 3.8) is 0 Å². The second kappa shape index (κ2) is 8.88. The van der Waals surface area contributed by atoms with E-state index in [9.17, 15) is 14.7 Å². The number of hydrogen-bond donors (Lipinski definition) is 1. The molecule has 170 valence electrons. The lowest BCUT2D eigenvalue weighted by Crippen LogP contribution is -2.29. The molecule has 4 rings (SSSR count). The summed E-state index contributed by atoms with van der Waals surface area (Å²) in [6, 6.07) is 10.6. The average molecular weight is 485 g/mol. The number of carbonyl (C=O) groups is 2. The fourth-order valence-corrected chi connectivity index (χ4v) is 4.84. The molecule has 1 aliphatic rings. The largest absolute Gasteiger partial charge is 0.507 e. The van der Waals surface area contributed by atoms with Crippen molar-refractivity contribution < 1.29 is 24.2 Å². The van der Waals surface area contributed by atoms with E-state index in [1.54, 1.807) is 42.5 Å². The van der Waals surface area contributed by atoms with Crippen LogP contribution >= 0.6 is 22.9 Å². The highest BCUT2D eigenvalue weighted by atomic mass is 35.5. The zero-order valence-corrected chi connectivity index (χ0v) is 20.0. The Hall–Kier alpha value is -3.36. The third-order valence-electron chi connectivity index (χ3n) is 5.51. The molecule has 0 unspecified atom stereocenters. The third-order valence-corrected chi connectivity index (χ3v) is 6.84. The number of benzene rings is 2. The van der Waals surface area contributed by atoms with E-state index in [1.165, 1.54) is 30.5 Å². The first-order valence-electron chi connectivity index (χ1n) is 10.00. The zero-order valence-electron chi connectivity index (χ0n) is 18.4. The lowest BCUT2D eigenvalue weighted by molar-refractivity contribution is -0.132. The Bertz CT molecular complexity index is 1260. The Kier molecular flexibility index (Phi) is 6.14. The third kappa shape index (κ3) is 3.85. The Labute approximate surface area is 199 Å². The number of ether oxygens (including phenoxy) is 2. The quantitative estimate of drug-likeness (QED) is 0.309. The van der Waals surface area contributed by atoms with Crippen molar-refractivity contribution in [2.24, 2.45) is 0 Å². The predicted octanol–water partition coefficient (Wildman–Crippen LogP) is 5.06. The Balaban J connectivity index is 2.02. The number of hydrogen-bond acceptors (Lipinski definition) is 7. The number of aliphatic hydroxyl groups excluding tert-OH is 1. The fourth-order valence-electron chi connectivity index (χ4n) is 3.77. The molecule has 1 aliphatic heterocycles. The molecule has 0 radical (unpaired) electrons. The minimum Gasteiger partial charge on any atom is -0.507 e. The normalized spacial score (nSPS) is 17.5. The molecule has 7 nitrogen and oxygen atoms in total. The topological polar surface area (TPSA) is 89.0 Å². The summed E-state index contributed by atoms with van der Waals surface area (Å²) in [7, 11) is 2.98. The number of Topliss-reactive ketones (excluding diaryl/α,β-unsaturated/α-hetero) is 1. The van der Waals surface area contributed by atoms with Crippen LogP contribution in [0.1, 0.15) is 27.7 Å². The SMILES string of the molecule is COc1cccc([C@@H]2C(=C(O)c3ccc(Cl)cc3)C(=O)C(=O)N2c2nc(C)c(C)s2)c1OC. The zero-order chi connectivity index (χ0) is 23.9. The molecule has 2 heterocycles. The fraction of sp³-hybridized carbons (Fsp3) is 0.208. The molecule has 1 N–H and O–H groups in total. The summed E-state index contributed by atoms with van der Waals surface area (Å²) in [6.07, 6.45) is 0. The van der Waals surface area contributed by atoms with Crippen molar-refractivity contribution in [2.45, 2.75) is 19.9 Å². The molecule has 1 aromatic heterocycles. The molecule has 0 spiro atoms. The van der Waals surface area contributed by atoms with E-state index in [0.717, 1.165) is 10.6 Å². The van der Waals surface area contributed by atoms with Crippen molar-refractivity contribution in [3.05, 3.63) is 74.8 Å². The molecular formula is C24H21ClN2O5S. The smallest absolute Gasteiger partial charge is 0.301 e. The van der Waals surface area contributed by atoms with Crippen LogP contribution in [-0.4, -0.2) is 36.0 Å². The van der Waals surface area contributed by atoms with Gasteiger partial charge in [-0.05, 0) is 44.2 Å². The number of amides is 1. The van der Waals surface area contributed by atoms with Crippen molar-refractivity contribution >= 4 is 45.5 Å². The lowest BCUT2D eigenvalue weighted by atomic mass is 9.94. The first-order valence-corrected chi connectivity index (χ1v) is 11.2. The molecule has 1 amide bonds. The van der Waals surface area contributed by atoms with Gasteiger partial charge >= 0.3 is 5.91 Å². The second-order valence-corrected chi connectivity index (χ2v) is 9.01. The van der Waals surface area contributed by atoms with Crippen LogP contribution < -0.4 is 14.4 Å². The number of rotatable bonds is 5. The molecule has 0 aliphatic carbocycles. The minimum absolute atomic E-state index is 0.0700. The van der Waals surface area contributed by atoms with Crippen molar-refractivity contribution in [1.29, 1.82) is 0 Å². The minimum atomic E-state index is -0.976. The number of carbonyl (C=O) groups excluding carboxylic acids is 2.